The maximum atomic E-state index is 6.08. The predicted molar refractivity (Wildman–Crippen MR) is 67.9 cm³/mol. The number of aryl methyl sites for hydroxylation is 1. The first-order valence-electron chi connectivity index (χ1n) is 7.09. The Balaban J connectivity index is 1.65. The highest BCUT2D eigenvalue weighted by Crippen LogP contribution is 2.35. The molecule has 0 amide bonds. The Morgan fingerprint density at radius 1 is 1.33 bits per heavy atom. The third-order valence-corrected chi connectivity index (χ3v) is 4.22. The molecule has 2 unspecified atom stereocenters. The van der Waals surface area contributed by atoms with Crippen LogP contribution in [0.2, 0.25) is 0 Å². The van der Waals surface area contributed by atoms with E-state index in [2.05, 4.69) is 22.0 Å². The summed E-state index contributed by atoms with van der Waals surface area (Å²) in [6, 6.07) is 1.64. The van der Waals surface area contributed by atoms with Crippen LogP contribution in [0, 0.1) is 0 Å². The lowest BCUT2D eigenvalue weighted by Gasteiger charge is -2.36. The van der Waals surface area contributed by atoms with E-state index in [4.69, 9.17) is 10.3 Å². The molecule has 2 atom stereocenters. The number of rotatable bonds is 4. The molecule has 1 aromatic rings. The van der Waals surface area contributed by atoms with Gasteiger partial charge in [-0.15, -0.1) is 0 Å². The van der Waals surface area contributed by atoms with Crippen LogP contribution < -0.4 is 5.73 Å². The molecule has 3 heterocycles. The Labute approximate surface area is 108 Å². The molecule has 0 aliphatic carbocycles. The first-order valence-corrected chi connectivity index (χ1v) is 7.09. The van der Waals surface area contributed by atoms with Crippen molar-refractivity contribution >= 4 is 0 Å². The van der Waals surface area contributed by atoms with Crippen LogP contribution in [0.15, 0.2) is 4.52 Å². The standard InChI is InChI=1S/C13H22N4O/c1-2-3-12-15-13(18-16-12)8-17-10-4-5-11(17)7-9(14)6-10/h9-11H,2-8,14H2,1H3. The summed E-state index contributed by atoms with van der Waals surface area (Å²) in [5, 5.41) is 4.02. The second kappa shape index (κ2) is 4.97. The number of aromatic nitrogens is 2. The van der Waals surface area contributed by atoms with Crippen molar-refractivity contribution < 1.29 is 4.52 Å². The average molecular weight is 250 g/mol. The fraction of sp³-hybridized carbons (Fsp3) is 0.846. The Hall–Kier alpha value is -0.940. The van der Waals surface area contributed by atoms with Gasteiger partial charge < -0.3 is 10.3 Å². The summed E-state index contributed by atoms with van der Waals surface area (Å²) >= 11 is 0. The number of nitrogens with two attached hydrogens (primary N) is 1. The zero-order chi connectivity index (χ0) is 12.5. The molecule has 0 aromatic carbocycles. The van der Waals surface area contributed by atoms with Gasteiger partial charge in [-0.2, -0.15) is 4.98 Å². The topological polar surface area (TPSA) is 68.2 Å². The second-order valence-electron chi connectivity index (χ2n) is 5.64. The maximum Gasteiger partial charge on any atom is 0.240 e. The first-order chi connectivity index (χ1) is 8.76. The minimum Gasteiger partial charge on any atom is -0.338 e. The van der Waals surface area contributed by atoms with Gasteiger partial charge in [0.2, 0.25) is 5.89 Å². The summed E-state index contributed by atoms with van der Waals surface area (Å²) in [7, 11) is 0. The Morgan fingerprint density at radius 3 is 2.72 bits per heavy atom. The normalized spacial score (nSPS) is 32.0. The highest BCUT2D eigenvalue weighted by molar-refractivity contribution is 4.98. The van der Waals surface area contributed by atoms with Crippen LogP contribution in [-0.2, 0) is 13.0 Å². The van der Waals surface area contributed by atoms with Crippen molar-refractivity contribution in [2.24, 2.45) is 5.73 Å². The Bertz CT molecular complexity index is 391. The molecule has 2 bridgehead atoms. The lowest BCUT2D eigenvalue weighted by molar-refractivity contribution is 0.105. The van der Waals surface area contributed by atoms with Crippen molar-refractivity contribution in [3.05, 3.63) is 11.7 Å². The van der Waals surface area contributed by atoms with E-state index in [1.807, 2.05) is 0 Å². The van der Waals surface area contributed by atoms with E-state index >= 15 is 0 Å². The van der Waals surface area contributed by atoms with Gasteiger partial charge in [0, 0.05) is 24.5 Å². The first kappa shape index (κ1) is 12.1. The van der Waals surface area contributed by atoms with Crippen LogP contribution >= 0.6 is 0 Å². The van der Waals surface area contributed by atoms with Crippen molar-refractivity contribution in [2.75, 3.05) is 0 Å². The van der Waals surface area contributed by atoms with Gasteiger partial charge in [0.15, 0.2) is 5.82 Å². The van der Waals surface area contributed by atoms with E-state index in [0.717, 1.165) is 43.9 Å². The molecule has 0 radical (unpaired) electrons. The maximum absolute atomic E-state index is 6.08. The Morgan fingerprint density at radius 2 is 2.06 bits per heavy atom. The number of fused-ring (bicyclic) bond motifs is 2. The van der Waals surface area contributed by atoms with E-state index in [9.17, 15) is 0 Å². The van der Waals surface area contributed by atoms with Gasteiger partial charge in [-0.25, -0.2) is 0 Å². The van der Waals surface area contributed by atoms with Crippen molar-refractivity contribution in [3.8, 4) is 0 Å². The van der Waals surface area contributed by atoms with Crippen LogP contribution in [-0.4, -0.2) is 33.2 Å². The van der Waals surface area contributed by atoms with E-state index in [1.165, 1.54) is 12.8 Å². The van der Waals surface area contributed by atoms with Gasteiger partial charge in [0.1, 0.15) is 0 Å². The molecular formula is C13H22N4O. The van der Waals surface area contributed by atoms with Crippen molar-refractivity contribution in [1.82, 2.24) is 15.0 Å². The smallest absolute Gasteiger partial charge is 0.240 e. The summed E-state index contributed by atoms with van der Waals surface area (Å²) in [6.07, 6.45) is 6.74. The zero-order valence-corrected chi connectivity index (χ0v) is 11.0. The average Bonchev–Trinajstić information content (AvgIpc) is 2.85. The van der Waals surface area contributed by atoms with Gasteiger partial charge in [-0.1, -0.05) is 12.1 Å². The summed E-state index contributed by atoms with van der Waals surface area (Å²) < 4.78 is 5.34. The lowest BCUT2D eigenvalue weighted by atomic mass is 9.98. The van der Waals surface area contributed by atoms with E-state index < -0.39 is 0 Å². The summed E-state index contributed by atoms with van der Waals surface area (Å²) in [4.78, 5) is 6.98. The van der Waals surface area contributed by atoms with Crippen LogP contribution in [0.25, 0.3) is 0 Å². The minimum atomic E-state index is 0.386. The summed E-state index contributed by atoms with van der Waals surface area (Å²) in [5.41, 5.74) is 6.08. The van der Waals surface area contributed by atoms with Gasteiger partial charge in [-0.3, -0.25) is 4.90 Å². The largest absolute Gasteiger partial charge is 0.338 e. The molecule has 1 aromatic heterocycles. The molecule has 3 rings (SSSR count). The quantitative estimate of drug-likeness (QED) is 0.876. The van der Waals surface area contributed by atoms with Crippen molar-refractivity contribution in [1.29, 1.82) is 0 Å². The highest BCUT2D eigenvalue weighted by Gasteiger charge is 2.40. The van der Waals surface area contributed by atoms with Gasteiger partial charge >= 0.3 is 0 Å². The monoisotopic (exact) mass is 250 g/mol. The molecule has 5 nitrogen and oxygen atoms in total. The number of hydrogen-bond acceptors (Lipinski definition) is 5. The van der Waals surface area contributed by atoms with Gasteiger partial charge in [-0.05, 0) is 32.1 Å². The fourth-order valence-corrected chi connectivity index (χ4v) is 3.41. The number of hydrogen-bond donors (Lipinski definition) is 1. The van der Waals surface area contributed by atoms with Crippen molar-refractivity contribution in [3.63, 3.8) is 0 Å². The van der Waals surface area contributed by atoms with E-state index in [0.29, 0.717) is 18.1 Å². The van der Waals surface area contributed by atoms with Crippen LogP contribution in [0.5, 0.6) is 0 Å². The van der Waals surface area contributed by atoms with Gasteiger partial charge in [0.25, 0.3) is 0 Å². The SMILES string of the molecule is CCCc1noc(CN2C3CCC2CC(N)C3)n1. The second-order valence-corrected chi connectivity index (χ2v) is 5.64. The molecule has 0 spiro atoms. The lowest BCUT2D eigenvalue weighted by Crippen LogP contribution is -2.46. The minimum absolute atomic E-state index is 0.386. The summed E-state index contributed by atoms with van der Waals surface area (Å²) in [6.45, 7) is 2.93. The van der Waals surface area contributed by atoms with Crippen LogP contribution in [0.4, 0.5) is 0 Å². The number of nitrogens with zero attached hydrogens (tertiary/aromatic N) is 3. The molecule has 2 N–H and O–H groups in total. The fourth-order valence-electron chi connectivity index (χ4n) is 3.41. The van der Waals surface area contributed by atoms with Crippen LogP contribution in [0.3, 0.4) is 0 Å². The Kier molecular flexibility index (Phi) is 3.35. The van der Waals surface area contributed by atoms with Crippen LogP contribution in [0.1, 0.15) is 50.7 Å². The van der Waals surface area contributed by atoms with Gasteiger partial charge in [0.05, 0.1) is 6.54 Å². The van der Waals surface area contributed by atoms with E-state index in [1.54, 1.807) is 0 Å². The molecule has 2 saturated heterocycles. The highest BCUT2D eigenvalue weighted by atomic mass is 16.5. The molecule has 0 saturated carbocycles. The molecule has 100 valence electrons. The summed E-state index contributed by atoms with van der Waals surface area (Å²) in [5.74, 6) is 1.61. The van der Waals surface area contributed by atoms with Crippen molar-refractivity contribution in [2.45, 2.75) is 70.1 Å². The third kappa shape index (κ3) is 2.29. The molecule has 5 heteroatoms. The molecule has 2 aliphatic rings. The predicted octanol–water partition coefficient (Wildman–Crippen LogP) is 1.48. The number of piperidine rings is 1. The molecular weight excluding hydrogens is 228 g/mol. The van der Waals surface area contributed by atoms with E-state index in [-0.39, 0.29) is 0 Å². The third-order valence-electron chi connectivity index (χ3n) is 4.22. The molecule has 2 aliphatic heterocycles. The molecule has 18 heavy (non-hydrogen) atoms. The zero-order valence-electron chi connectivity index (χ0n) is 11.0. The molecule has 2 fully saturated rings.